The molecule has 0 fully saturated rings. The van der Waals surface area contributed by atoms with Crippen LogP contribution in [0.15, 0.2) is 58.5 Å². The number of hydrogen-bond donors (Lipinski definition) is 1. The summed E-state index contributed by atoms with van der Waals surface area (Å²) >= 11 is 1.29. The Bertz CT molecular complexity index is 1050. The fourth-order valence-electron chi connectivity index (χ4n) is 3.00. The molecule has 0 saturated carbocycles. The van der Waals surface area contributed by atoms with Gasteiger partial charge in [-0.25, -0.2) is 4.98 Å². The summed E-state index contributed by atoms with van der Waals surface area (Å²) in [5.41, 5.74) is 2.41. The highest BCUT2D eigenvalue weighted by Gasteiger charge is 2.16. The van der Waals surface area contributed by atoms with Crippen molar-refractivity contribution in [2.24, 2.45) is 0 Å². The topological polar surface area (TPSA) is 64.0 Å². The molecule has 0 saturated heterocycles. The lowest BCUT2D eigenvalue weighted by Crippen LogP contribution is -2.33. The second-order valence-electron chi connectivity index (χ2n) is 6.70. The fraction of sp³-hybridized carbons (Fsp3) is 0.318. The van der Waals surface area contributed by atoms with Crippen molar-refractivity contribution in [2.75, 3.05) is 5.75 Å². The molecule has 3 rings (SSSR count). The molecule has 0 aliphatic carbocycles. The molecular formula is C22H25N3O2S. The Morgan fingerprint density at radius 2 is 1.86 bits per heavy atom. The molecule has 0 aliphatic heterocycles. The van der Waals surface area contributed by atoms with Crippen LogP contribution < -0.4 is 10.9 Å². The number of thioether (sulfide) groups is 1. The number of aryl methyl sites for hydroxylation is 1. The molecular weight excluding hydrogens is 370 g/mol. The first-order valence-corrected chi connectivity index (χ1v) is 10.6. The molecule has 1 aromatic heterocycles. The summed E-state index contributed by atoms with van der Waals surface area (Å²) < 4.78 is 1.64. The number of carbonyl (C=O) groups is 1. The Balaban J connectivity index is 2.07. The minimum atomic E-state index is -0.115. The van der Waals surface area contributed by atoms with Gasteiger partial charge in [-0.15, -0.1) is 0 Å². The summed E-state index contributed by atoms with van der Waals surface area (Å²) in [6, 6.07) is 15.3. The molecule has 1 atom stereocenters. The molecule has 1 heterocycles. The van der Waals surface area contributed by atoms with E-state index >= 15 is 0 Å². The van der Waals surface area contributed by atoms with Crippen LogP contribution in [-0.2, 0) is 11.2 Å². The van der Waals surface area contributed by atoms with Gasteiger partial charge in [0.15, 0.2) is 5.16 Å². The SMILES string of the molecule is CCc1ccccc1-n1c(SCC(=O)N[C@@H](C)CC)nc2ccccc2c1=O. The maximum absolute atomic E-state index is 13.3. The van der Waals surface area contributed by atoms with E-state index in [2.05, 4.69) is 12.2 Å². The Morgan fingerprint density at radius 3 is 2.61 bits per heavy atom. The molecule has 1 amide bonds. The average Bonchev–Trinajstić information content (AvgIpc) is 2.72. The third kappa shape index (κ3) is 4.28. The zero-order chi connectivity index (χ0) is 20.1. The molecule has 146 valence electrons. The number of hydrogen-bond acceptors (Lipinski definition) is 4. The Hall–Kier alpha value is -2.60. The maximum Gasteiger partial charge on any atom is 0.266 e. The van der Waals surface area contributed by atoms with Gasteiger partial charge in [0.1, 0.15) is 0 Å². The number of amides is 1. The predicted molar refractivity (Wildman–Crippen MR) is 115 cm³/mol. The van der Waals surface area contributed by atoms with Crippen LogP contribution in [0.3, 0.4) is 0 Å². The summed E-state index contributed by atoms with van der Waals surface area (Å²) in [5.74, 6) is 0.153. The fourth-order valence-corrected chi connectivity index (χ4v) is 3.81. The summed E-state index contributed by atoms with van der Waals surface area (Å²) in [6.07, 6.45) is 1.67. The Labute approximate surface area is 169 Å². The van der Waals surface area contributed by atoms with Crippen molar-refractivity contribution in [1.29, 1.82) is 0 Å². The smallest absolute Gasteiger partial charge is 0.266 e. The van der Waals surface area contributed by atoms with Gasteiger partial charge in [0.05, 0.1) is 22.3 Å². The van der Waals surface area contributed by atoms with Crippen molar-refractivity contribution in [3.8, 4) is 5.69 Å². The first kappa shape index (κ1) is 20.1. The summed E-state index contributed by atoms with van der Waals surface area (Å²) in [4.78, 5) is 30.3. The van der Waals surface area contributed by atoms with Crippen LogP contribution in [0.2, 0.25) is 0 Å². The number of nitrogens with one attached hydrogen (secondary N) is 1. The Morgan fingerprint density at radius 1 is 1.14 bits per heavy atom. The highest BCUT2D eigenvalue weighted by Crippen LogP contribution is 2.23. The zero-order valence-corrected chi connectivity index (χ0v) is 17.3. The third-order valence-electron chi connectivity index (χ3n) is 4.71. The minimum absolute atomic E-state index is 0.0583. The maximum atomic E-state index is 13.3. The molecule has 0 radical (unpaired) electrons. The third-order valence-corrected chi connectivity index (χ3v) is 5.65. The van der Waals surface area contributed by atoms with Crippen LogP contribution in [0.25, 0.3) is 16.6 Å². The van der Waals surface area contributed by atoms with E-state index in [0.29, 0.717) is 16.1 Å². The van der Waals surface area contributed by atoms with Crippen LogP contribution in [0.5, 0.6) is 0 Å². The lowest BCUT2D eigenvalue weighted by Gasteiger charge is -2.16. The van der Waals surface area contributed by atoms with Crippen LogP contribution >= 0.6 is 11.8 Å². The number of carbonyl (C=O) groups excluding carboxylic acids is 1. The molecule has 6 heteroatoms. The average molecular weight is 396 g/mol. The highest BCUT2D eigenvalue weighted by molar-refractivity contribution is 7.99. The van der Waals surface area contributed by atoms with Crippen LogP contribution in [-0.4, -0.2) is 27.3 Å². The van der Waals surface area contributed by atoms with Crippen molar-refractivity contribution < 1.29 is 4.79 Å². The first-order valence-electron chi connectivity index (χ1n) is 9.57. The molecule has 0 aliphatic rings. The van der Waals surface area contributed by atoms with E-state index in [9.17, 15) is 9.59 Å². The molecule has 28 heavy (non-hydrogen) atoms. The van der Waals surface area contributed by atoms with E-state index < -0.39 is 0 Å². The Kier molecular flexibility index (Phi) is 6.52. The standard InChI is InChI=1S/C22H25N3O2S/c1-4-15(3)23-20(26)14-28-22-24-18-12-8-7-11-17(18)21(27)25(22)19-13-9-6-10-16(19)5-2/h6-13,15H,4-5,14H2,1-3H3,(H,23,26)/t15-/m0/s1. The number of rotatable bonds is 7. The second kappa shape index (κ2) is 9.06. The molecule has 0 unspecified atom stereocenters. The minimum Gasteiger partial charge on any atom is -0.353 e. The number of benzene rings is 2. The van der Waals surface area contributed by atoms with E-state index in [4.69, 9.17) is 4.98 Å². The van der Waals surface area contributed by atoms with Gasteiger partial charge in [-0.1, -0.05) is 55.9 Å². The quantitative estimate of drug-likeness (QED) is 0.486. The largest absolute Gasteiger partial charge is 0.353 e. The molecule has 0 spiro atoms. The summed E-state index contributed by atoms with van der Waals surface area (Å²) in [6.45, 7) is 6.07. The molecule has 1 N–H and O–H groups in total. The van der Waals surface area contributed by atoms with Gasteiger partial charge in [-0.3, -0.25) is 14.2 Å². The van der Waals surface area contributed by atoms with Gasteiger partial charge in [-0.05, 0) is 43.5 Å². The van der Waals surface area contributed by atoms with E-state index in [1.165, 1.54) is 11.8 Å². The van der Waals surface area contributed by atoms with Crippen LogP contribution in [0.1, 0.15) is 32.8 Å². The van der Waals surface area contributed by atoms with Gasteiger partial charge in [0.2, 0.25) is 5.91 Å². The van der Waals surface area contributed by atoms with Crippen molar-refractivity contribution in [2.45, 2.75) is 44.8 Å². The highest BCUT2D eigenvalue weighted by atomic mass is 32.2. The van der Waals surface area contributed by atoms with E-state index in [1.54, 1.807) is 10.6 Å². The summed E-state index contributed by atoms with van der Waals surface area (Å²) in [5, 5.41) is 4.06. The number of nitrogens with zero attached hydrogens (tertiary/aromatic N) is 2. The van der Waals surface area contributed by atoms with Crippen molar-refractivity contribution in [3.63, 3.8) is 0 Å². The monoisotopic (exact) mass is 395 g/mol. The molecule has 5 nitrogen and oxygen atoms in total. The normalized spacial score (nSPS) is 12.1. The lowest BCUT2D eigenvalue weighted by atomic mass is 10.1. The van der Waals surface area contributed by atoms with Crippen LogP contribution in [0, 0.1) is 0 Å². The zero-order valence-electron chi connectivity index (χ0n) is 16.4. The first-order chi connectivity index (χ1) is 13.5. The number of fused-ring (bicyclic) bond motifs is 1. The van der Waals surface area contributed by atoms with Crippen LogP contribution in [0.4, 0.5) is 0 Å². The van der Waals surface area contributed by atoms with Gasteiger partial charge in [0, 0.05) is 6.04 Å². The van der Waals surface area contributed by atoms with Crippen molar-refractivity contribution in [3.05, 3.63) is 64.4 Å². The number of para-hydroxylation sites is 2. The van der Waals surface area contributed by atoms with Gasteiger partial charge in [-0.2, -0.15) is 0 Å². The molecule has 0 bridgehead atoms. The van der Waals surface area contributed by atoms with Gasteiger partial charge >= 0.3 is 0 Å². The van der Waals surface area contributed by atoms with E-state index in [0.717, 1.165) is 24.1 Å². The van der Waals surface area contributed by atoms with Gasteiger partial charge in [0.25, 0.3) is 5.56 Å². The molecule has 3 aromatic rings. The number of aromatic nitrogens is 2. The van der Waals surface area contributed by atoms with Crippen molar-refractivity contribution in [1.82, 2.24) is 14.9 Å². The molecule has 2 aromatic carbocycles. The van der Waals surface area contributed by atoms with E-state index in [-0.39, 0.29) is 23.3 Å². The van der Waals surface area contributed by atoms with E-state index in [1.807, 2.05) is 56.3 Å². The van der Waals surface area contributed by atoms with Gasteiger partial charge < -0.3 is 5.32 Å². The lowest BCUT2D eigenvalue weighted by molar-refractivity contribution is -0.119. The predicted octanol–water partition coefficient (Wildman–Crippen LogP) is 3.95. The second-order valence-corrected chi connectivity index (χ2v) is 7.64. The van der Waals surface area contributed by atoms with Crippen molar-refractivity contribution >= 4 is 28.6 Å². The summed E-state index contributed by atoms with van der Waals surface area (Å²) in [7, 11) is 0.